The number of nitrogens with one attached hydrogen (secondary N) is 1. The Morgan fingerprint density at radius 3 is 2.15 bits per heavy atom. The maximum Gasteiger partial charge on any atom is 0.187 e. The Morgan fingerprint density at radius 2 is 1.46 bits per heavy atom. The van der Waals surface area contributed by atoms with Crippen molar-refractivity contribution in [3.05, 3.63) is 104 Å². The molecule has 26 heavy (non-hydrogen) atoms. The molecule has 1 heterocycles. The van der Waals surface area contributed by atoms with Crippen LogP contribution in [0.15, 0.2) is 87.8 Å². The zero-order valence-corrected chi connectivity index (χ0v) is 17.6. The van der Waals surface area contributed by atoms with Gasteiger partial charge in [0.15, 0.2) is 5.69 Å². The van der Waals surface area contributed by atoms with E-state index in [1.165, 1.54) is 0 Å². The summed E-state index contributed by atoms with van der Waals surface area (Å²) in [7, 11) is 0. The van der Waals surface area contributed by atoms with Crippen LogP contribution in [-0.4, -0.2) is 5.69 Å². The van der Waals surface area contributed by atoms with Gasteiger partial charge < -0.3 is 4.74 Å². The molecular formula is C21H16Br2ClNO. The summed E-state index contributed by atoms with van der Waals surface area (Å²) in [6, 6.07) is 26.5. The fourth-order valence-corrected chi connectivity index (χ4v) is 4.65. The predicted octanol–water partition coefficient (Wildman–Crippen LogP) is 6.34. The molecule has 3 aromatic carbocycles. The van der Waals surface area contributed by atoms with Crippen molar-refractivity contribution in [3.63, 3.8) is 0 Å². The Bertz CT molecular complexity index is 921. The third-order valence-electron chi connectivity index (χ3n) is 4.63. The van der Waals surface area contributed by atoms with Crippen molar-refractivity contribution in [3.8, 4) is 0 Å². The molecule has 0 bridgehead atoms. The summed E-state index contributed by atoms with van der Waals surface area (Å²) in [6.45, 7) is 0. The summed E-state index contributed by atoms with van der Waals surface area (Å²) < 4.78 is 8.42. The first-order chi connectivity index (χ1) is 12.6. The first-order valence-electron chi connectivity index (χ1n) is 8.24. The van der Waals surface area contributed by atoms with Gasteiger partial charge in [-0.15, -0.1) is 0 Å². The number of hydrogen-bond donors (Lipinski definition) is 1. The molecule has 3 atom stereocenters. The van der Waals surface area contributed by atoms with Crippen LogP contribution in [-0.2, 0) is 10.3 Å². The number of hydrogen-bond acceptors (Lipinski definition) is 2. The zero-order chi connectivity index (χ0) is 18.1. The van der Waals surface area contributed by atoms with Crippen LogP contribution >= 0.6 is 43.5 Å². The van der Waals surface area contributed by atoms with Gasteiger partial charge in [-0.1, -0.05) is 98.1 Å². The quantitative estimate of drug-likeness (QED) is 0.340. The fraction of sp³-hybridized carbons (Fsp3) is 0.143. The van der Waals surface area contributed by atoms with Gasteiger partial charge in [0.1, 0.15) is 5.60 Å². The van der Waals surface area contributed by atoms with Crippen molar-refractivity contribution in [2.45, 2.75) is 17.3 Å². The second-order valence-corrected chi connectivity index (χ2v) is 8.43. The summed E-state index contributed by atoms with van der Waals surface area (Å²) in [4.78, 5) is 0. The molecule has 1 aliphatic heterocycles. The molecule has 0 aromatic heterocycles. The van der Waals surface area contributed by atoms with E-state index >= 15 is 0 Å². The first-order valence-corrected chi connectivity index (χ1v) is 10.3. The smallest absolute Gasteiger partial charge is 0.187 e. The molecule has 1 aliphatic rings. The molecule has 5 heteroatoms. The number of benzene rings is 3. The molecular weight excluding hydrogens is 477 g/mol. The van der Waals surface area contributed by atoms with Gasteiger partial charge in [-0.2, -0.15) is 0 Å². The van der Waals surface area contributed by atoms with E-state index in [9.17, 15) is 0 Å². The predicted molar refractivity (Wildman–Crippen MR) is 112 cm³/mol. The summed E-state index contributed by atoms with van der Waals surface area (Å²) in [5.74, 6) is 0. The molecule has 1 N–H and O–H groups in total. The first kappa shape index (κ1) is 18.2. The number of rotatable bonds is 3. The highest BCUT2D eigenvalue weighted by molar-refractivity contribution is 9.10. The van der Waals surface area contributed by atoms with Crippen molar-refractivity contribution >= 4 is 43.5 Å². The summed E-state index contributed by atoms with van der Waals surface area (Å²) in [5.41, 5.74) is 1.86. The molecule has 0 aliphatic carbocycles. The van der Waals surface area contributed by atoms with Crippen molar-refractivity contribution in [2.24, 2.45) is 0 Å². The Labute approximate surface area is 174 Å². The molecule has 0 saturated carbocycles. The van der Waals surface area contributed by atoms with Crippen molar-refractivity contribution in [2.75, 3.05) is 0 Å². The molecule has 0 radical (unpaired) electrons. The lowest BCUT2D eigenvalue weighted by Crippen LogP contribution is -2.35. The van der Waals surface area contributed by atoms with Crippen LogP contribution in [0.1, 0.15) is 22.7 Å². The van der Waals surface area contributed by atoms with Crippen LogP contribution in [0.25, 0.3) is 0 Å². The van der Waals surface area contributed by atoms with Crippen LogP contribution in [0.2, 0.25) is 0 Å². The van der Waals surface area contributed by atoms with Crippen LogP contribution in [0.5, 0.6) is 0 Å². The minimum absolute atomic E-state index is 0.140. The van der Waals surface area contributed by atoms with E-state index in [4.69, 9.17) is 16.3 Å². The van der Waals surface area contributed by atoms with E-state index in [1.54, 1.807) is 0 Å². The molecule has 0 spiro atoms. The van der Waals surface area contributed by atoms with E-state index in [-0.39, 0.29) is 6.04 Å². The average Bonchev–Trinajstić information content (AvgIpc) is 3.01. The van der Waals surface area contributed by atoms with Gasteiger partial charge in [0.05, 0.1) is 6.04 Å². The fourth-order valence-electron chi connectivity index (χ4n) is 3.57. The van der Waals surface area contributed by atoms with E-state index in [0.717, 1.165) is 25.6 Å². The minimum atomic E-state index is -0.738. The lowest BCUT2D eigenvalue weighted by Gasteiger charge is -2.35. The Morgan fingerprint density at radius 1 is 0.808 bits per heavy atom. The topological polar surface area (TPSA) is 21.3 Å². The van der Waals surface area contributed by atoms with E-state index < -0.39 is 11.3 Å². The van der Waals surface area contributed by atoms with Crippen LogP contribution in [0.4, 0.5) is 0 Å². The SMILES string of the molecule is ClC1NC(c2cccc(Br)c2)C(c2ccccc2)(c2cccc(Br)c2)O1. The third-order valence-corrected chi connectivity index (χ3v) is 5.83. The lowest BCUT2D eigenvalue weighted by atomic mass is 9.78. The highest BCUT2D eigenvalue weighted by Gasteiger charge is 2.51. The van der Waals surface area contributed by atoms with Gasteiger partial charge in [0, 0.05) is 8.95 Å². The van der Waals surface area contributed by atoms with Crippen molar-refractivity contribution in [1.82, 2.24) is 5.32 Å². The molecule has 1 fully saturated rings. The molecule has 132 valence electrons. The molecule has 1 saturated heterocycles. The lowest BCUT2D eigenvalue weighted by molar-refractivity contribution is 0.00852. The molecule has 3 unspecified atom stereocenters. The Kier molecular flexibility index (Phi) is 5.22. The number of alkyl halides is 1. The Balaban J connectivity index is 1.97. The number of halogens is 3. The van der Waals surface area contributed by atoms with E-state index in [2.05, 4.69) is 73.6 Å². The second-order valence-electron chi connectivity index (χ2n) is 6.20. The van der Waals surface area contributed by atoms with Crippen LogP contribution < -0.4 is 5.32 Å². The van der Waals surface area contributed by atoms with Crippen LogP contribution in [0, 0.1) is 0 Å². The summed E-state index contributed by atoms with van der Waals surface area (Å²) >= 11 is 13.6. The van der Waals surface area contributed by atoms with Gasteiger partial charge in [-0.25, -0.2) is 0 Å². The molecule has 0 amide bonds. The maximum atomic E-state index is 6.46. The third kappa shape index (κ3) is 3.25. The van der Waals surface area contributed by atoms with Gasteiger partial charge in [0.25, 0.3) is 0 Å². The highest BCUT2D eigenvalue weighted by atomic mass is 79.9. The number of ether oxygens (including phenoxy) is 1. The van der Waals surface area contributed by atoms with Crippen molar-refractivity contribution in [1.29, 1.82) is 0 Å². The monoisotopic (exact) mass is 491 g/mol. The van der Waals surface area contributed by atoms with Crippen molar-refractivity contribution < 1.29 is 4.74 Å². The standard InChI is InChI=1S/C21H16Br2ClNO/c22-17-10-4-6-14(12-17)19-21(26-20(24)25-19,15-7-2-1-3-8-15)16-9-5-11-18(23)13-16/h1-13,19-20,25H. The molecule has 2 nitrogen and oxygen atoms in total. The Hall–Kier alpha value is -1.17. The summed E-state index contributed by atoms with van der Waals surface area (Å²) in [5, 5.41) is 3.41. The van der Waals surface area contributed by atoms with Gasteiger partial charge in [-0.3, -0.25) is 5.32 Å². The van der Waals surface area contributed by atoms with Gasteiger partial charge >= 0.3 is 0 Å². The van der Waals surface area contributed by atoms with Gasteiger partial charge in [0.2, 0.25) is 0 Å². The molecule has 3 aromatic rings. The second kappa shape index (κ2) is 7.45. The summed E-state index contributed by atoms with van der Waals surface area (Å²) in [6.07, 6.45) is 0. The molecule has 4 rings (SSSR count). The largest absolute Gasteiger partial charge is 0.331 e. The van der Waals surface area contributed by atoms with Crippen LogP contribution in [0.3, 0.4) is 0 Å². The average molecular weight is 494 g/mol. The van der Waals surface area contributed by atoms with Gasteiger partial charge in [-0.05, 0) is 41.0 Å². The van der Waals surface area contributed by atoms with E-state index in [0.29, 0.717) is 0 Å². The highest BCUT2D eigenvalue weighted by Crippen LogP contribution is 2.50. The van der Waals surface area contributed by atoms with E-state index in [1.807, 2.05) is 42.5 Å². The minimum Gasteiger partial charge on any atom is -0.331 e. The normalized spacial score (nSPS) is 25.3. The zero-order valence-electron chi connectivity index (χ0n) is 13.7. The maximum absolute atomic E-state index is 6.46.